The Morgan fingerprint density at radius 3 is 2.56 bits per heavy atom. The van der Waals surface area contributed by atoms with E-state index in [2.05, 4.69) is 21.5 Å². The van der Waals surface area contributed by atoms with Gasteiger partial charge < -0.3 is 20.7 Å². The predicted molar refractivity (Wildman–Crippen MR) is 87.7 cm³/mol. The van der Waals surface area contributed by atoms with Crippen molar-refractivity contribution in [3.8, 4) is 5.75 Å². The Balaban J connectivity index is 1.72. The molecule has 25 heavy (non-hydrogen) atoms. The molecule has 3 saturated heterocycles. The van der Waals surface area contributed by atoms with E-state index in [1.807, 2.05) is 0 Å². The van der Waals surface area contributed by atoms with E-state index in [1.54, 1.807) is 0 Å². The summed E-state index contributed by atoms with van der Waals surface area (Å²) in [4.78, 5) is 14.8. The standard InChI is InChI=1S/C17H20F3N3O2/c1-10(12-3-2-4-14(15(12)21)25-17(18,19)20)16(24)22-13-9-23-7-5-11(13)6-8-23/h2-4,11,13H,1,5-9,21H2,(H,22,24)/t13-/m0/s1. The third-order valence-corrected chi connectivity index (χ3v) is 4.86. The number of amides is 1. The smallest absolute Gasteiger partial charge is 0.404 e. The molecular formula is C17H20F3N3O2. The van der Waals surface area contributed by atoms with E-state index in [0.717, 1.165) is 38.5 Å². The van der Waals surface area contributed by atoms with Crippen molar-refractivity contribution in [1.29, 1.82) is 0 Å². The van der Waals surface area contributed by atoms with Crippen LogP contribution in [0.1, 0.15) is 18.4 Å². The fourth-order valence-electron chi connectivity index (χ4n) is 3.53. The van der Waals surface area contributed by atoms with Crippen LogP contribution in [0.15, 0.2) is 24.8 Å². The van der Waals surface area contributed by atoms with Crippen LogP contribution in [0.3, 0.4) is 0 Å². The molecule has 0 radical (unpaired) electrons. The number of benzene rings is 1. The number of nitrogens with zero attached hydrogens (tertiary/aromatic N) is 1. The minimum atomic E-state index is -4.86. The number of alkyl halides is 3. The molecule has 8 heteroatoms. The molecule has 3 aliphatic rings. The molecule has 3 fully saturated rings. The molecule has 1 aromatic carbocycles. The average molecular weight is 355 g/mol. The van der Waals surface area contributed by atoms with Gasteiger partial charge in [0, 0.05) is 23.7 Å². The Morgan fingerprint density at radius 2 is 2.00 bits per heavy atom. The maximum absolute atomic E-state index is 12.5. The second kappa shape index (κ2) is 6.59. The molecule has 3 aliphatic heterocycles. The highest BCUT2D eigenvalue weighted by Gasteiger charge is 2.36. The van der Waals surface area contributed by atoms with E-state index < -0.39 is 18.0 Å². The Labute approximate surface area is 143 Å². The Hall–Kier alpha value is -2.22. The molecule has 4 rings (SSSR count). The minimum absolute atomic E-state index is 0.0292. The van der Waals surface area contributed by atoms with Crippen molar-refractivity contribution in [2.45, 2.75) is 25.2 Å². The molecule has 5 nitrogen and oxygen atoms in total. The minimum Gasteiger partial charge on any atom is -0.404 e. The molecule has 2 bridgehead atoms. The highest BCUT2D eigenvalue weighted by Crippen LogP contribution is 2.34. The van der Waals surface area contributed by atoms with Gasteiger partial charge in [0.25, 0.3) is 5.91 Å². The predicted octanol–water partition coefficient (Wildman–Crippen LogP) is 2.39. The monoisotopic (exact) mass is 355 g/mol. The van der Waals surface area contributed by atoms with Gasteiger partial charge in [-0.1, -0.05) is 18.7 Å². The van der Waals surface area contributed by atoms with Gasteiger partial charge >= 0.3 is 6.36 Å². The first-order valence-electron chi connectivity index (χ1n) is 8.11. The Morgan fingerprint density at radius 1 is 1.32 bits per heavy atom. The zero-order valence-electron chi connectivity index (χ0n) is 13.6. The van der Waals surface area contributed by atoms with Crippen LogP contribution in [-0.4, -0.2) is 42.8 Å². The number of nitrogen functional groups attached to an aromatic ring is 1. The first kappa shape index (κ1) is 17.6. The topological polar surface area (TPSA) is 67.6 Å². The van der Waals surface area contributed by atoms with Crippen LogP contribution in [0.5, 0.6) is 5.75 Å². The third kappa shape index (κ3) is 3.89. The molecule has 0 aliphatic carbocycles. The van der Waals surface area contributed by atoms with Crippen LogP contribution in [-0.2, 0) is 4.79 Å². The van der Waals surface area contributed by atoms with E-state index in [-0.39, 0.29) is 22.9 Å². The number of hydrogen-bond acceptors (Lipinski definition) is 4. The SMILES string of the molecule is C=C(C(=O)N[C@H]1CN2CCC1CC2)c1cccc(OC(F)(F)F)c1N. The fraction of sp³-hybridized carbons (Fsp3) is 0.471. The number of rotatable bonds is 4. The van der Waals surface area contributed by atoms with Crippen molar-refractivity contribution in [2.24, 2.45) is 5.92 Å². The van der Waals surface area contributed by atoms with Crippen LogP contribution in [0.25, 0.3) is 5.57 Å². The van der Waals surface area contributed by atoms with Crippen LogP contribution in [0.2, 0.25) is 0 Å². The van der Waals surface area contributed by atoms with Gasteiger partial charge in [0.15, 0.2) is 5.75 Å². The number of carbonyl (C=O) groups excluding carboxylic acids is 1. The second-order valence-electron chi connectivity index (χ2n) is 6.46. The summed E-state index contributed by atoms with van der Waals surface area (Å²) in [6.45, 7) is 6.58. The number of ether oxygens (including phenoxy) is 1. The molecule has 0 unspecified atom stereocenters. The summed E-state index contributed by atoms with van der Waals surface area (Å²) in [6, 6.07) is 3.93. The summed E-state index contributed by atoms with van der Waals surface area (Å²) in [6.07, 6.45) is -2.78. The molecule has 1 atom stereocenters. The summed E-state index contributed by atoms with van der Waals surface area (Å²) < 4.78 is 41.2. The quantitative estimate of drug-likeness (QED) is 0.643. The van der Waals surface area contributed by atoms with Crippen LogP contribution >= 0.6 is 0 Å². The van der Waals surface area contributed by atoms with E-state index in [4.69, 9.17) is 5.73 Å². The summed E-state index contributed by atoms with van der Waals surface area (Å²) in [5.41, 5.74) is 5.66. The lowest BCUT2D eigenvalue weighted by molar-refractivity contribution is -0.274. The van der Waals surface area contributed by atoms with E-state index in [0.29, 0.717) is 5.92 Å². The first-order valence-corrected chi connectivity index (χ1v) is 8.11. The number of piperidine rings is 3. The van der Waals surface area contributed by atoms with Crippen molar-refractivity contribution in [1.82, 2.24) is 10.2 Å². The van der Waals surface area contributed by atoms with Gasteiger partial charge in [-0.3, -0.25) is 4.79 Å². The number of anilines is 1. The zero-order chi connectivity index (χ0) is 18.2. The molecule has 0 spiro atoms. The lowest BCUT2D eigenvalue weighted by Gasteiger charge is -2.45. The van der Waals surface area contributed by atoms with E-state index in [1.165, 1.54) is 12.1 Å². The van der Waals surface area contributed by atoms with Crippen molar-refractivity contribution < 1.29 is 22.7 Å². The van der Waals surface area contributed by atoms with Crippen molar-refractivity contribution >= 4 is 17.2 Å². The van der Waals surface area contributed by atoms with Crippen molar-refractivity contribution in [2.75, 3.05) is 25.4 Å². The zero-order valence-corrected chi connectivity index (χ0v) is 13.6. The molecule has 0 saturated carbocycles. The molecule has 1 aromatic rings. The van der Waals surface area contributed by atoms with Crippen LogP contribution in [0.4, 0.5) is 18.9 Å². The highest BCUT2D eigenvalue weighted by atomic mass is 19.4. The number of nitrogens with one attached hydrogen (secondary N) is 1. The number of hydrogen-bond donors (Lipinski definition) is 2. The third-order valence-electron chi connectivity index (χ3n) is 4.86. The average Bonchev–Trinajstić information content (AvgIpc) is 2.56. The van der Waals surface area contributed by atoms with Gasteiger partial charge in [0.2, 0.25) is 0 Å². The number of carbonyl (C=O) groups is 1. The lowest BCUT2D eigenvalue weighted by atomic mass is 9.84. The van der Waals surface area contributed by atoms with Gasteiger partial charge in [-0.25, -0.2) is 0 Å². The molecule has 136 valence electrons. The van der Waals surface area contributed by atoms with Crippen molar-refractivity contribution in [3.05, 3.63) is 30.3 Å². The molecule has 0 aromatic heterocycles. The first-order chi connectivity index (χ1) is 11.7. The number of para-hydroxylation sites is 1. The lowest BCUT2D eigenvalue weighted by Crippen LogP contribution is -2.57. The highest BCUT2D eigenvalue weighted by molar-refractivity contribution is 6.20. The van der Waals surface area contributed by atoms with Crippen LogP contribution < -0.4 is 15.8 Å². The second-order valence-corrected chi connectivity index (χ2v) is 6.46. The maximum atomic E-state index is 12.5. The van der Waals surface area contributed by atoms with Gasteiger partial charge in [0.05, 0.1) is 5.69 Å². The number of nitrogens with two attached hydrogens (primary N) is 1. The van der Waals surface area contributed by atoms with Gasteiger partial charge in [-0.05, 0) is 37.9 Å². The van der Waals surface area contributed by atoms with Crippen molar-refractivity contribution in [3.63, 3.8) is 0 Å². The summed E-state index contributed by atoms with van der Waals surface area (Å²) in [7, 11) is 0. The van der Waals surface area contributed by atoms with Gasteiger partial charge in [-0.15, -0.1) is 13.2 Å². The fourth-order valence-corrected chi connectivity index (χ4v) is 3.53. The van der Waals surface area contributed by atoms with E-state index in [9.17, 15) is 18.0 Å². The molecule has 1 amide bonds. The Kier molecular flexibility index (Phi) is 4.64. The maximum Gasteiger partial charge on any atom is 0.573 e. The molecular weight excluding hydrogens is 335 g/mol. The molecule has 3 heterocycles. The number of fused-ring (bicyclic) bond motifs is 3. The summed E-state index contributed by atoms with van der Waals surface area (Å²) in [5.74, 6) is -0.532. The molecule has 3 N–H and O–H groups in total. The normalized spacial score (nSPS) is 25.5. The van der Waals surface area contributed by atoms with Gasteiger partial charge in [-0.2, -0.15) is 0 Å². The largest absolute Gasteiger partial charge is 0.573 e. The number of halogens is 3. The Bertz CT molecular complexity index is 682. The van der Waals surface area contributed by atoms with Crippen LogP contribution in [0, 0.1) is 5.92 Å². The van der Waals surface area contributed by atoms with E-state index >= 15 is 0 Å². The van der Waals surface area contributed by atoms with Gasteiger partial charge in [0.1, 0.15) is 0 Å². The summed E-state index contributed by atoms with van der Waals surface area (Å²) >= 11 is 0. The summed E-state index contributed by atoms with van der Waals surface area (Å²) in [5, 5.41) is 2.94.